The van der Waals surface area contributed by atoms with Gasteiger partial charge in [-0.2, -0.15) is 0 Å². The molecule has 3 fully saturated rings. The van der Waals surface area contributed by atoms with E-state index < -0.39 is 0 Å². The first-order valence-electron chi connectivity index (χ1n) is 12.3. The monoisotopic (exact) mass is 456 g/mol. The van der Waals surface area contributed by atoms with Crippen LogP contribution in [-0.4, -0.2) is 29.4 Å². The Hall–Kier alpha value is -1.66. The highest BCUT2D eigenvalue weighted by Gasteiger charge is 2.58. The summed E-state index contributed by atoms with van der Waals surface area (Å²) in [5, 5.41) is 19.8. The van der Waals surface area contributed by atoms with Crippen LogP contribution in [0.4, 0.5) is 0 Å². The number of hydrogen-bond donors (Lipinski definition) is 2. The first-order chi connectivity index (χ1) is 15.4. The maximum Gasteiger partial charge on any atom is 0.261 e. The molecule has 1 aromatic rings. The minimum absolute atomic E-state index is 0.0391. The Kier molecular flexibility index (Phi) is 5.95. The Morgan fingerprint density at radius 1 is 1.22 bits per heavy atom. The second-order valence-electron chi connectivity index (χ2n) is 10.9. The molecule has 0 aromatic carbocycles. The van der Waals surface area contributed by atoms with E-state index in [0.717, 1.165) is 54.5 Å². The van der Waals surface area contributed by atoms with Crippen LogP contribution >= 0.6 is 11.3 Å². The smallest absolute Gasteiger partial charge is 0.261 e. The maximum atomic E-state index is 12.0. The predicted molar refractivity (Wildman–Crippen MR) is 127 cm³/mol. The van der Waals surface area contributed by atoms with Crippen molar-refractivity contribution in [1.82, 2.24) is 5.32 Å². The molecule has 174 valence electrons. The summed E-state index contributed by atoms with van der Waals surface area (Å²) in [4.78, 5) is 18.6. The molecule has 3 saturated carbocycles. The second-order valence-corrected chi connectivity index (χ2v) is 11.9. The van der Waals surface area contributed by atoms with E-state index in [4.69, 9.17) is 4.84 Å². The van der Waals surface area contributed by atoms with Crippen molar-refractivity contribution in [2.75, 3.05) is 6.61 Å². The van der Waals surface area contributed by atoms with Gasteiger partial charge in [-0.15, -0.1) is 11.3 Å². The fraction of sp³-hybridized carbons (Fsp3) is 0.692. The third-order valence-electron chi connectivity index (χ3n) is 9.34. The zero-order chi connectivity index (χ0) is 22.3. The van der Waals surface area contributed by atoms with Gasteiger partial charge in [0.1, 0.15) is 0 Å². The average Bonchev–Trinajstić information content (AvgIpc) is 3.40. The van der Waals surface area contributed by atoms with Gasteiger partial charge in [-0.05, 0) is 97.5 Å². The van der Waals surface area contributed by atoms with Gasteiger partial charge in [-0.25, -0.2) is 0 Å². The van der Waals surface area contributed by atoms with E-state index in [-0.39, 0.29) is 29.4 Å². The van der Waals surface area contributed by atoms with E-state index in [1.807, 2.05) is 17.5 Å². The van der Waals surface area contributed by atoms with Gasteiger partial charge < -0.3 is 15.3 Å². The van der Waals surface area contributed by atoms with E-state index >= 15 is 0 Å². The largest absolute Gasteiger partial charge is 0.393 e. The Morgan fingerprint density at radius 2 is 2.09 bits per heavy atom. The number of aliphatic hydroxyl groups excluding tert-OH is 1. The van der Waals surface area contributed by atoms with Gasteiger partial charge >= 0.3 is 0 Å². The Balaban J connectivity index is 1.20. The van der Waals surface area contributed by atoms with E-state index in [2.05, 4.69) is 30.4 Å². The van der Waals surface area contributed by atoms with Crippen LogP contribution in [0.5, 0.6) is 0 Å². The molecule has 0 aliphatic heterocycles. The molecule has 6 heteroatoms. The number of aliphatic hydroxyl groups is 1. The number of hydrogen-bond acceptors (Lipinski definition) is 5. The first-order valence-corrected chi connectivity index (χ1v) is 13.1. The number of rotatable bonds is 5. The van der Waals surface area contributed by atoms with Crippen LogP contribution in [0.3, 0.4) is 0 Å². The van der Waals surface area contributed by atoms with Gasteiger partial charge in [-0.1, -0.05) is 30.6 Å². The molecule has 4 aliphatic carbocycles. The minimum Gasteiger partial charge on any atom is -0.393 e. The van der Waals surface area contributed by atoms with Gasteiger partial charge in [0.15, 0.2) is 6.61 Å². The van der Waals surface area contributed by atoms with Crippen molar-refractivity contribution >= 4 is 23.0 Å². The fourth-order valence-corrected chi connectivity index (χ4v) is 8.08. The number of carbonyl (C=O) groups excluding carboxylic acids is 1. The predicted octanol–water partition coefficient (Wildman–Crippen LogP) is 5.06. The molecule has 32 heavy (non-hydrogen) atoms. The van der Waals surface area contributed by atoms with Crippen molar-refractivity contribution in [2.45, 2.75) is 77.9 Å². The normalized spacial score (nSPS) is 39.6. The first kappa shape index (κ1) is 22.1. The molecular formula is C26H36N2O3S. The third kappa shape index (κ3) is 3.83. The van der Waals surface area contributed by atoms with Crippen LogP contribution in [0.2, 0.25) is 0 Å². The van der Waals surface area contributed by atoms with Gasteiger partial charge in [0.25, 0.3) is 5.91 Å². The van der Waals surface area contributed by atoms with E-state index in [9.17, 15) is 9.90 Å². The lowest BCUT2D eigenvalue weighted by molar-refractivity contribution is -0.125. The summed E-state index contributed by atoms with van der Waals surface area (Å²) in [5.41, 5.74) is 2.88. The van der Waals surface area contributed by atoms with Gasteiger partial charge in [-0.3, -0.25) is 4.79 Å². The van der Waals surface area contributed by atoms with E-state index in [0.29, 0.717) is 12.5 Å². The van der Waals surface area contributed by atoms with Gasteiger partial charge in [0.05, 0.1) is 18.4 Å². The zero-order valence-electron chi connectivity index (χ0n) is 19.3. The summed E-state index contributed by atoms with van der Waals surface area (Å²) in [6.45, 7) is 5.32. The SMILES string of the molecule is C[C@]12CC/C(=N/OCC(=O)NCc3cccs3)C=C1CCC1C2CC[C@@]2(C)C1CC[C@H]2O. The summed E-state index contributed by atoms with van der Waals surface area (Å²) < 4.78 is 0. The quantitative estimate of drug-likeness (QED) is 0.609. The fourth-order valence-electron chi connectivity index (χ4n) is 7.44. The molecule has 5 rings (SSSR count). The minimum atomic E-state index is -0.138. The van der Waals surface area contributed by atoms with E-state index in [1.165, 1.54) is 24.8 Å². The molecule has 2 N–H and O–H groups in total. The van der Waals surface area contributed by atoms with Crippen molar-refractivity contribution in [3.8, 4) is 0 Å². The molecule has 1 amide bonds. The van der Waals surface area contributed by atoms with Crippen LogP contribution in [0.25, 0.3) is 0 Å². The number of carbonyl (C=O) groups is 1. The average molecular weight is 457 g/mol. The van der Waals surface area contributed by atoms with E-state index in [1.54, 1.807) is 11.3 Å². The van der Waals surface area contributed by atoms with Crippen LogP contribution in [0, 0.1) is 28.6 Å². The number of oxime groups is 1. The number of nitrogens with one attached hydrogen (secondary N) is 1. The number of fused-ring (bicyclic) bond motifs is 5. The topological polar surface area (TPSA) is 70.9 Å². The van der Waals surface area contributed by atoms with Crippen LogP contribution in [0.1, 0.15) is 70.1 Å². The molecule has 3 unspecified atom stereocenters. The highest BCUT2D eigenvalue weighted by molar-refractivity contribution is 7.09. The summed E-state index contributed by atoms with van der Waals surface area (Å²) in [7, 11) is 0. The Morgan fingerprint density at radius 3 is 2.91 bits per heavy atom. The lowest BCUT2D eigenvalue weighted by atomic mass is 9.47. The van der Waals surface area contributed by atoms with Crippen LogP contribution < -0.4 is 5.32 Å². The summed E-state index contributed by atoms with van der Waals surface area (Å²) in [6.07, 6.45) is 11.1. The Bertz CT molecular complexity index is 910. The van der Waals surface area contributed by atoms with Crippen molar-refractivity contribution in [3.05, 3.63) is 34.0 Å². The molecule has 0 radical (unpaired) electrons. The molecule has 0 bridgehead atoms. The molecule has 0 saturated heterocycles. The second kappa shape index (κ2) is 8.60. The number of nitrogens with zero attached hydrogens (tertiary/aromatic N) is 1. The molecule has 1 heterocycles. The van der Waals surface area contributed by atoms with Crippen LogP contribution in [0.15, 0.2) is 34.3 Å². The summed E-state index contributed by atoms with van der Waals surface area (Å²) in [5.74, 6) is 2.01. The molecule has 1 aromatic heterocycles. The van der Waals surface area contributed by atoms with Crippen LogP contribution in [-0.2, 0) is 16.2 Å². The highest BCUT2D eigenvalue weighted by atomic mass is 32.1. The summed E-state index contributed by atoms with van der Waals surface area (Å²) >= 11 is 1.63. The molecule has 5 nitrogen and oxygen atoms in total. The van der Waals surface area contributed by atoms with Crippen molar-refractivity contribution < 1.29 is 14.7 Å². The number of amides is 1. The van der Waals surface area contributed by atoms with Gasteiger partial charge in [0.2, 0.25) is 0 Å². The third-order valence-corrected chi connectivity index (χ3v) is 10.2. The van der Waals surface area contributed by atoms with Crippen molar-refractivity contribution in [1.29, 1.82) is 0 Å². The summed E-state index contributed by atoms with van der Waals surface area (Å²) in [6, 6.07) is 3.99. The zero-order valence-corrected chi connectivity index (χ0v) is 20.1. The molecule has 4 aliphatic rings. The number of thiophene rings is 1. The van der Waals surface area contributed by atoms with Crippen molar-refractivity contribution in [2.24, 2.45) is 33.7 Å². The molecular weight excluding hydrogens is 420 g/mol. The van der Waals surface area contributed by atoms with Crippen molar-refractivity contribution in [3.63, 3.8) is 0 Å². The standard InChI is InChI=1S/C26H36N2O3S/c1-25-11-9-18(28-31-16-24(30)27-15-19-4-3-13-32-19)14-17(25)5-6-20-21-7-8-23(29)26(21,2)12-10-22(20)25/h3-4,13-14,20-23,29H,5-12,15-16H2,1-2H3,(H,27,30)/b28-18-/t20?,21?,22?,23-,25+,26+/m1/s1. The highest BCUT2D eigenvalue weighted by Crippen LogP contribution is 2.65. The number of allylic oxidation sites excluding steroid dienone is 2. The Labute approximate surface area is 195 Å². The van der Waals surface area contributed by atoms with Gasteiger partial charge in [0, 0.05) is 4.88 Å². The molecule has 6 atom stereocenters. The lowest BCUT2D eigenvalue weighted by Gasteiger charge is -2.57. The lowest BCUT2D eigenvalue weighted by Crippen LogP contribution is -2.51. The maximum absolute atomic E-state index is 12.0. The molecule has 0 spiro atoms.